The van der Waals surface area contributed by atoms with E-state index in [4.69, 9.17) is 0 Å². The summed E-state index contributed by atoms with van der Waals surface area (Å²) in [6, 6.07) is 4.83. The minimum atomic E-state index is -3.59. The van der Waals surface area contributed by atoms with E-state index in [1.807, 2.05) is 13.8 Å². The van der Waals surface area contributed by atoms with Gasteiger partial charge in [0.1, 0.15) is 0 Å². The van der Waals surface area contributed by atoms with E-state index in [0.717, 1.165) is 18.7 Å². The lowest BCUT2D eigenvalue weighted by Gasteiger charge is -2.21. The van der Waals surface area contributed by atoms with E-state index in [9.17, 15) is 13.2 Å². The second kappa shape index (κ2) is 10.5. The Morgan fingerprint density at radius 2 is 1.81 bits per heavy atom. The van der Waals surface area contributed by atoms with Gasteiger partial charge in [0.25, 0.3) is 0 Å². The van der Waals surface area contributed by atoms with Crippen molar-refractivity contribution in [1.29, 1.82) is 0 Å². The van der Waals surface area contributed by atoms with Crippen LogP contribution in [0.5, 0.6) is 0 Å². The van der Waals surface area contributed by atoms with Crippen molar-refractivity contribution in [3.63, 3.8) is 0 Å². The molecule has 8 heteroatoms. The van der Waals surface area contributed by atoms with Crippen LogP contribution in [0, 0.1) is 5.92 Å². The Labute approximate surface area is 157 Å². The summed E-state index contributed by atoms with van der Waals surface area (Å²) < 4.78 is 27.0. The third-order valence-electron chi connectivity index (χ3n) is 4.12. The van der Waals surface area contributed by atoms with Gasteiger partial charge >= 0.3 is 0 Å². The Hall–Kier alpha value is -1.64. The molecule has 0 aromatic heterocycles. The maximum atomic E-state index is 12.8. The van der Waals surface area contributed by atoms with Crippen LogP contribution in [0.15, 0.2) is 23.1 Å². The highest BCUT2D eigenvalue weighted by Crippen LogP contribution is 2.28. The molecule has 0 aliphatic rings. The highest BCUT2D eigenvalue weighted by Gasteiger charge is 2.23. The van der Waals surface area contributed by atoms with Crippen LogP contribution < -0.4 is 16.0 Å². The third kappa shape index (κ3) is 5.69. The molecule has 1 amide bonds. The average molecular weight is 385 g/mol. The monoisotopic (exact) mass is 384 g/mol. The maximum Gasteiger partial charge on any atom is 0.243 e. The van der Waals surface area contributed by atoms with E-state index < -0.39 is 10.0 Å². The van der Waals surface area contributed by atoms with Gasteiger partial charge in [0.15, 0.2) is 0 Å². The number of amides is 1. The summed E-state index contributed by atoms with van der Waals surface area (Å²) in [6.45, 7) is 9.55. The average Bonchev–Trinajstić information content (AvgIpc) is 2.61. The van der Waals surface area contributed by atoms with Crippen LogP contribution >= 0.6 is 0 Å². The van der Waals surface area contributed by atoms with Gasteiger partial charge in [-0.3, -0.25) is 4.79 Å². The Morgan fingerprint density at radius 1 is 1.15 bits per heavy atom. The quantitative estimate of drug-likeness (QED) is 0.545. The van der Waals surface area contributed by atoms with Gasteiger partial charge in [-0.1, -0.05) is 27.7 Å². The van der Waals surface area contributed by atoms with Crippen molar-refractivity contribution < 1.29 is 13.2 Å². The zero-order valence-electron chi connectivity index (χ0n) is 16.4. The number of hydrogen-bond acceptors (Lipinski definition) is 5. The molecule has 1 rings (SSSR count). The summed E-state index contributed by atoms with van der Waals surface area (Å²) in [7, 11) is -1.80. The first-order valence-corrected chi connectivity index (χ1v) is 10.6. The van der Waals surface area contributed by atoms with E-state index in [1.54, 1.807) is 33.0 Å². The molecule has 1 unspecified atom stereocenters. The van der Waals surface area contributed by atoms with Gasteiger partial charge in [0.2, 0.25) is 15.9 Å². The first kappa shape index (κ1) is 22.4. The Balaban J connectivity index is 3.24. The molecule has 1 aromatic carbocycles. The predicted octanol–water partition coefficient (Wildman–Crippen LogP) is 2.33. The lowest BCUT2D eigenvalue weighted by Crippen LogP contribution is -2.31. The van der Waals surface area contributed by atoms with Gasteiger partial charge in [0.05, 0.1) is 16.3 Å². The van der Waals surface area contributed by atoms with Crippen LogP contribution in [0.1, 0.15) is 34.1 Å². The third-order valence-corrected chi connectivity index (χ3v) is 6.16. The number of nitrogens with one attached hydrogen (secondary N) is 3. The van der Waals surface area contributed by atoms with Crippen molar-refractivity contribution in [1.82, 2.24) is 9.62 Å². The van der Waals surface area contributed by atoms with E-state index in [-0.39, 0.29) is 16.7 Å². The molecule has 1 aromatic rings. The fourth-order valence-electron chi connectivity index (χ4n) is 2.57. The van der Waals surface area contributed by atoms with Crippen LogP contribution in [0.4, 0.5) is 11.4 Å². The van der Waals surface area contributed by atoms with Gasteiger partial charge in [-0.25, -0.2) is 8.42 Å². The largest absolute Gasteiger partial charge is 0.383 e. The number of nitrogens with zero attached hydrogens (tertiary/aromatic N) is 1. The summed E-state index contributed by atoms with van der Waals surface area (Å²) in [5.74, 6) is -0.390. The zero-order chi connectivity index (χ0) is 19.7. The fraction of sp³-hybridized carbons (Fsp3) is 0.611. The second-order valence-electron chi connectivity index (χ2n) is 6.17. The highest BCUT2D eigenvalue weighted by atomic mass is 32.2. The van der Waals surface area contributed by atoms with E-state index in [1.165, 1.54) is 10.4 Å². The molecule has 0 saturated heterocycles. The maximum absolute atomic E-state index is 12.8. The summed E-state index contributed by atoms with van der Waals surface area (Å²) in [5.41, 5.74) is 1.20. The van der Waals surface area contributed by atoms with Crippen LogP contribution in [0.25, 0.3) is 0 Å². The van der Waals surface area contributed by atoms with Crippen molar-refractivity contribution >= 4 is 27.3 Å². The Kier molecular flexibility index (Phi) is 9.04. The van der Waals surface area contributed by atoms with Crippen molar-refractivity contribution in [3.8, 4) is 0 Å². The SMILES string of the molecule is CCCNc1ccc(S(=O)(=O)N(CC)CC)cc1NC(=O)C(C)CNC. The first-order chi connectivity index (χ1) is 12.3. The van der Waals surface area contributed by atoms with E-state index in [0.29, 0.717) is 25.3 Å². The van der Waals surface area contributed by atoms with Crippen LogP contribution in [0.3, 0.4) is 0 Å². The summed E-state index contributed by atoms with van der Waals surface area (Å²) in [5, 5.41) is 9.07. The van der Waals surface area contributed by atoms with Gasteiger partial charge in [-0.2, -0.15) is 4.31 Å². The molecule has 0 bridgehead atoms. The molecule has 7 nitrogen and oxygen atoms in total. The fourth-order valence-corrected chi connectivity index (χ4v) is 4.05. The topological polar surface area (TPSA) is 90.5 Å². The molecule has 1 atom stereocenters. The Morgan fingerprint density at radius 3 is 2.35 bits per heavy atom. The first-order valence-electron chi connectivity index (χ1n) is 9.15. The van der Waals surface area contributed by atoms with Crippen LogP contribution in [-0.2, 0) is 14.8 Å². The number of benzene rings is 1. The second-order valence-corrected chi connectivity index (χ2v) is 8.11. The standard InChI is InChI=1S/C18H32N4O3S/c1-6-11-20-16-10-9-15(26(24,25)22(7-2)8-3)12-17(16)21-18(23)14(4)13-19-5/h9-10,12,14,19-20H,6-8,11,13H2,1-5H3,(H,21,23). The molecule has 0 spiro atoms. The summed E-state index contributed by atoms with van der Waals surface area (Å²) in [4.78, 5) is 12.6. The zero-order valence-corrected chi connectivity index (χ0v) is 17.2. The minimum absolute atomic E-state index is 0.156. The normalized spacial score (nSPS) is 12.8. The number of anilines is 2. The molecule has 3 N–H and O–H groups in total. The molecular weight excluding hydrogens is 352 g/mol. The minimum Gasteiger partial charge on any atom is -0.383 e. The smallest absolute Gasteiger partial charge is 0.243 e. The van der Waals surface area contributed by atoms with Gasteiger partial charge in [0, 0.05) is 32.1 Å². The lowest BCUT2D eigenvalue weighted by molar-refractivity contribution is -0.119. The number of sulfonamides is 1. The molecule has 0 saturated carbocycles. The molecule has 0 aliphatic carbocycles. The van der Waals surface area contributed by atoms with Crippen molar-refractivity contribution in [3.05, 3.63) is 18.2 Å². The van der Waals surface area contributed by atoms with Crippen LogP contribution in [0.2, 0.25) is 0 Å². The number of carbonyl (C=O) groups is 1. The van der Waals surface area contributed by atoms with Gasteiger partial charge in [-0.05, 0) is 31.7 Å². The van der Waals surface area contributed by atoms with Crippen molar-refractivity contribution in [2.45, 2.75) is 39.0 Å². The van der Waals surface area contributed by atoms with Crippen molar-refractivity contribution in [2.24, 2.45) is 5.92 Å². The molecule has 148 valence electrons. The summed E-state index contributed by atoms with van der Waals surface area (Å²) in [6.07, 6.45) is 0.920. The predicted molar refractivity (Wildman–Crippen MR) is 107 cm³/mol. The molecule has 0 fully saturated rings. The van der Waals surface area contributed by atoms with E-state index in [2.05, 4.69) is 16.0 Å². The highest BCUT2D eigenvalue weighted by molar-refractivity contribution is 7.89. The molecule has 0 aliphatic heterocycles. The number of rotatable bonds is 11. The molecule has 0 heterocycles. The molecule has 26 heavy (non-hydrogen) atoms. The number of hydrogen-bond donors (Lipinski definition) is 3. The lowest BCUT2D eigenvalue weighted by atomic mass is 10.1. The molecular formula is C18H32N4O3S. The van der Waals surface area contributed by atoms with Gasteiger partial charge < -0.3 is 16.0 Å². The van der Waals surface area contributed by atoms with E-state index >= 15 is 0 Å². The van der Waals surface area contributed by atoms with Crippen LogP contribution in [-0.4, -0.2) is 51.9 Å². The number of carbonyl (C=O) groups excluding carboxylic acids is 1. The van der Waals surface area contributed by atoms with Crippen molar-refractivity contribution in [2.75, 3.05) is 43.9 Å². The van der Waals surface area contributed by atoms with Gasteiger partial charge in [-0.15, -0.1) is 0 Å². The summed E-state index contributed by atoms with van der Waals surface area (Å²) >= 11 is 0. The Bertz CT molecular complexity index is 688. The molecule has 0 radical (unpaired) electrons.